The van der Waals surface area contributed by atoms with Crippen molar-refractivity contribution in [3.05, 3.63) is 66.0 Å². The summed E-state index contributed by atoms with van der Waals surface area (Å²) in [6.45, 7) is 2.06. The van der Waals surface area contributed by atoms with E-state index in [-0.39, 0.29) is 17.9 Å². The fourth-order valence-electron chi connectivity index (χ4n) is 4.16. The SMILES string of the molecule is CC(NC(=O)C1CCC(Cc2nc3ccccc3[nH]2)CC1)c1ccccc1. The van der Waals surface area contributed by atoms with Crippen LogP contribution in [0.25, 0.3) is 11.0 Å². The molecule has 4 nitrogen and oxygen atoms in total. The molecule has 1 aliphatic carbocycles. The number of carbonyl (C=O) groups excluding carboxylic acids is 1. The molecule has 0 saturated heterocycles. The Bertz CT molecular complexity index is 861. The molecule has 2 N–H and O–H groups in total. The highest BCUT2D eigenvalue weighted by atomic mass is 16.1. The molecule has 1 aliphatic rings. The van der Waals surface area contributed by atoms with E-state index in [4.69, 9.17) is 4.98 Å². The summed E-state index contributed by atoms with van der Waals surface area (Å²) in [5.41, 5.74) is 3.30. The second-order valence-electron chi connectivity index (χ2n) is 7.76. The summed E-state index contributed by atoms with van der Waals surface area (Å²) in [6.07, 6.45) is 5.10. The molecule has 140 valence electrons. The summed E-state index contributed by atoms with van der Waals surface area (Å²) in [7, 11) is 0. The highest BCUT2D eigenvalue weighted by Gasteiger charge is 2.27. The Balaban J connectivity index is 1.28. The van der Waals surface area contributed by atoms with Crippen LogP contribution in [0.5, 0.6) is 0 Å². The molecule has 0 radical (unpaired) electrons. The minimum atomic E-state index is 0.0620. The quantitative estimate of drug-likeness (QED) is 0.686. The Morgan fingerprint density at radius 1 is 1.07 bits per heavy atom. The lowest BCUT2D eigenvalue weighted by Crippen LogP contribution is -2.35. The number of nitrogens with one attached hydrogen (secondary N) is 2. The van der Waals surface area contributed by atoms with Crippen LogP contribution in [0.1, 0.15) is 50.0 Å². The van der Waals surface area contributed by atoms with E-state index in [1.807, 2.05) is 36.4 Å². The average molecular weight is 361 g/mol. The lowest BCUT2D eigenvalue weighted by molar-refractivity contribution is -0.126. The van der Waals surface area contributed by atoms with Crippen LogP contribution < -0.4 is 5.32 Å². The number of fused-ring (bicyclic) bond motifs is 1. The number of rotatable bonds is 5. The summed E-state index contributed by atoms with van der Waals surface area (Å²) in [6, 6.07) is 18.4. The van der Waals surface area contributed by atoms with E-state index in [0.717, 1.165) is 54.5 Å². The molecule has 3 aromatic rings. The van der Waals surface area contributed by atoms with Crippen LogP contribution in [-0.2, 0) is 11.2 Å². The standard InChI is InChI=1S/C23H27N3O/c1-16(18-7-3-2-4-8-18)24-23(27)19-13-11-17(12-14-19)15-22-25-20-9-5-6-10-21(20)26-22/h2-10,16-17,19H,11-15H2,1H3,(H,24,27)(H,25,26). The Kier molecular flexibility index (Phi) is 5.23. The molecule has 1 fully saturated rings. The summed E-state index contributed by atoms with van der Waals surface area (Å²) < 4.78 is 0. The van der Waals surface area contributed by atoms with Crippen molar-refractivity contribution < 1.29 is 4.79 Å². The summed E-state index contributed by atoms with van der Waals surface area (Å²) >= 11 is 0. The van der Waals surface area contributed by atoms with Gasteiger partial charge in [0, 0.05) is 12.3 Å². The van der Waals surface area contributed by atoms with E-state index >= 15 is 0 Å². The van der Waals surface area contributed by atoms with Crippen molar-refractivity contribution in [1.82, 2.24) is 15.3 Å². The highest BCUT2D eigenvalue weighted by Crippen LogP contribution is 2.31. The van der Waals surface area contributed by atoms with Crippen molar-refractivity contribution in [3.63, 3.8) is 0 Å². The van der Waals surface area contributed by atoms with E-state index in [2.05, 4.69) is 35.4 Å². The van der Waals surface area contributed by atoms with E-state index in [0.29, 0.717) is 5.92 Å². The molecular weight excluding hydrogens is 334 g/mol. The van der Waals surface area contributed by atoms with Crippen LogP contribution in [0.4, 0.5) is 0 Å². The van der Waals surface area contributed by atoms with Crippen molar-refractivity contribution in [2.24, 2.45) is 11.8 Å². The molecule has 1 heterocycles. The van der Waals surface area contributed by atoms with Gasteiger partial charge in [-0.15, -0.1) is 0 Å². The van der Waals surface area contributed by atoms with Crippen molar-refractivity contribution in [1.29, 1.82) is 0 Å². The number of aromatic amines is 1. The molecule has 4 rings (SSSR count). The number of H-pyrrole nitrogens is 1. The molecule has 0 spiro atoms. The molecule has 1 aromatic heterocycles. The van der Waals surface area contributed by atoms with E-state index in [1.54, 1.807) is 0 Å². The maximum absolute atomic E-state index is 12.6. The summed E-state index contributed by atoms with van der Waals surface area (Å²) in [5, 5.41) is 3.19. The number of imidazole rings is 1. The van der Waals surface area contributed by atoms with Gasteiger partial charge in [-0.3, -0.25) is 4.79 Å². The highest BCUT2D eigenvalue weighted by molar-refractivity contribution is 5.79. The maximum atomic E-state index is 12.6. The minimum absolute atomic E-state index is 0.0620. The molecule has 4 heteroatoms. The predicted molar refractivity (Wildman–Crippen MR) is 108 cm³/mol. The van der Waals surface area contributed by atoms with Crippen LogP contribution >= 0.6 is 0 Å². The van der Waals surface area contributed by atoms with Gasteiger partial charge < -0.3 is 10.3 Å². The third kappa shape index (κ3) is 4.21. The Morgan fingerprint density at radius 2 is 1.78 bits per heavy atom. The van der Waals surface area contributed by atoms with Gasteiger partial charge in [-0.25, -0.2) is 4.98 Å². The van der Waals surface area contributed by atoms with Gasteiger partial charge in [0.05, 0.1) is 17.1 Å². The number of hydrogen-bond acceptors (Lipinski definition) is 2. The third-order valence-corrected chi connectivity index (χ3v) is 5.80. The van der Waals surface area contributed by atoms with Gasteiger partial charge in [0.2, 0.25) is 5.91 Å². The van der Waals surface area contributed by atoms with Crippen molar-refractivity contribution in [2.45, 2.75) is 45.1 Å². The fraction of sp³-hybridized carbons (Fsp3) is 0.391. The molecular formula is C23H27N3O. The molecule has 27 heavy (non-hydrogen) atoms. The number of benzene rings is 2. The van der Waals surface area contributed by atoms with Crippen molar-refractivity contribution in [3.8, 4) is 0 Å². The third-order valence-electron chi connectivity index (χ3n) is 5.80. The van der Waals surface area contributed by atoms with Crippen molar-refractivity contribution >= 4 is 16.9 Å². The maximum Gasteiger partial charge on any atom is 0.223 e. The van der Waals surface area contributed by atoms with Gasteiger partial charge in [-0.2, -0.15) is 0 Å². The first-order valence-corrected chi connectivity index (χ1v) is 9.98. The average Bonchev–Trinajstić information content (AvgIpc) is 3.11. The summed E-state index contributed by atoms with van der Waals surface area (Å²) in [5.74, 6) is 2.03. The number of amides is 1. The lowest BCUT2D eigenvalue weighted by Gasteiger charge is -2.28. The first-order chi connectivity index (χ1) is 13.2. The van der Waals surface area contributed by atoms with Gasteiger partial charge in [-0.05, 0) is 56.2 Å². The number of carbonyl (C=O) groups is 1. The monoisotopic (exact) mass is 361 g/mol. The van der Waals surface area contributed by atoms with Gasteiger partial charge in [-0.1, -0.05) is 42.5 Å². The second kappa shape index (κ2) is 7.95. The molecule has 1 amide bonds. The smallest absolute Gasteiger partial charge is 0.223 e. The lowest BCUT2D eigenvalue weighted by atomic mass is 9.80. The van der Waals surface area contributed by atoms with E-state index in [9.17, 15) is 4.79 Å². The van der Waals surface area contributed by atoms with Gasteiger partial charge in [0.1, 0.15) is 5.82 Å². The van der Waals surface area contributed by atoms with E-state index < -0.39 is 0 Å². The molecule has 1 saturated carbocycles. The van der Waals surface area contributed by atoms with Crippen LogP contribution in [0.15, 0.2) is 54.6 Å². The van der Waals surface area contributed by atoms with Crippen LogP contribution in [-0.4, -0.2) is 15.9 Å². The zero-order chi connectivity index (χ0) is 18.6. The second-order valence-corrected chi connectivity index (χ2v) is 7.76. The van der Waals surface area contributed by atoms with Crippen LogP contribution in [0.2, 0.25) is 0 Å². The Morgan fingerprint density at radius 3 is 2.52 bits per heavy atom. The van der Waals surface area contributed by atoms with Crippen LogP contribution in [0.3, 0.4) is 0 Å². The van der Waals surface area contributed by atoms with Gasteiger partial charge in [0.15, 0.2) is 0 Å². The molecule has 1 unspecified atom stereocenters. The normalized spacial score (nSPS) is 21.1. The van der Waals surface area contributed by atoms with Crippen molar-refractivity contribution in [2.75, 3.05) is 0 Å². The minimum Gasteiger partial charge on any atom is -0.349 e. The Labute approximate surface area is 160 Å². The van der Waals surface area contributed by atoms with Gasteiger partial charge >= 0.3 is 0 Å². The van der Waals surface area contributed by atoms with E-state index in [1.165, 1.54) is 0 Å². The first-order valence-electron chi connectivity index (χ1n) is 9.98. The van der Waals surface area contributed by atoms with Gasteiger partial charge in [0.25, 0.3) is 0 Å². The molecule has 0 aliphatic heterocycles. The number of aromatic nitrogens is 2. The molecule has 2 aromatic carbocycles. The summed E-state index contributed by atoms with van der Waals surface area (Å²) in [4.78, 5) is 20.8. The number of nitrogens with zero attached hydrogens (tertiary/aromatic N) is 1. The number of hydrogen-bond donors (Lipinski definition) is 2. The molecule has 0 bridgehead atoms. The zero-order valence-corrected chi connectivity index (χ0v) is 15.8. The Hall–Kier alpha value is -2.62. The largest absolute Gasteiger partial charge is 0.349 e. The fourth-order valence-corrected chi connectivity index (χ4v) is 4.16. The predicted octanol–water partition coefficient (Wildman–Crippen LogP) is 4.79. The van der Waals surface area contributed by atoms with Crippen LogP contribution in [0, 0.1) is 11.8 Å². The number of para-hydroxylation sites is 2. The topological polar surface area (TPSA) is 57.8 Å². The first kappa shape index (κ1) is 17.8. The molecule has 1 atom stereocenters. The zero-order valence-electron chi connectivity index (χ0n) is 15.8.